The molecule has 0 aliphatic heterocycles. The summed E-state index contributed by atoms with van der Waals surface area (Å²) in [5.41, 5.74) is 2.35. The van der Waals surface area contributed by atoms with Gasteiger partial charge in [0, 0.05) is 23.8 Å². The molecule has 0 amide bonds. The number of carboxylic acid groups (broad SMARTS) is 1. The zero-order chi connectivity index (χ0) is 22.7. The highest BCUT2D eigenvalue weighted by Crippen LogP contribution is 2.25. The summed E-state index contributed by atoms with van der Waals surface area (Å²) < 4.78 is 23.1. The fourth-order valence-corrected chi connectivity index (χ4v) is 4.14. The van der Waals surface area contributed by atoms with Gasteiger partial charge < -0.3 is 15.7 Å². The third kappa shape index (κ3) is 5.19. The molecule has 8 nitrogen and oxygen atoms in total. The molecular weight excluding hydrogens is 428 g/mol. The van der Waals surface area contributed by atoms with E-state index in [0.717, 1.165) is 11.1 Å². The lowest BCUT2D eigenvalue weighted by molar-refractivity contribution is 0.0699. The molecule has 1 aromatic heterocycles. The zero-order valence-electron chi connectivity index (χ0n) is 17.1. The maximum Gasteiger partial charge on any atom is 0.336 e. The van der Waals surface area contributed by atoms with Crippen molar-refractivity contribution in [1.29, 1.82) is 0 Å². The van der Waals surface area contributed by atoms with Crippen LogP contribution in [0.4, 0.5) is 23.1 Å². The van der Waals surface area contributed by atoms with E-state index in [1.54, 1.807) is 60.8 Å². The Morgan fingerprint density at radius 2 is 1.75 bits per heavy atom. The quantitative estimate of drug-likeness (QED) is 0.381. The molecule has 9 heteroatoms. The van der Waals surface area contributed by atoms with E-state index in [4.69, 9.17) is 0 Å². The molecule has 4 aromatic rings. The van der Waals surface area contributed by atoms with Crippen molar-refractivity contribution in [3.8, 4) is 0 Å². The molecule has 0 fully saturated rings. The lowest BCUT2D eigenvalue weighted by Crippen LogP contribution is -2.03. The highest BCUT2D eigenvalue weighted by atomic mass is 32.2. The molecule has 0 saturated heterocycles. The number of rotatable bonds is 7. The Kier molecular flexibility index (Phi) is 5.74. The lowest BCUT2D eigenvalue weighted by atomic mass is 10.0. The van der Waals surface area contributed by atoms with Crippen LogP contribution >= 0.6 is 0 Å². The van der Waals surface area contributed by atoms with E-state index in [1.807, 2.05) is 12.1 Å². The van der Waals surface area contributed by atoms with Crippen molar-refractivity contribution >= 4 is 49.7 Å². The highest BCUT2D eigenvalue weighted by molar-refractivity contribution is 7.89. The largest absolute Gasteiger partial charge is 0.478 e. The van der Waals surface area contributed by atoms with E-state index in [1.165, 1.54) is 6.26 Å². The number of benzene rings is 3. The van der Waals surface area contributed by atoms with Crippen LogP contribution in [0.2, 0.25) is 0 Å². The van der Waals surface area contributed by atoms with Crippen LogP contribution in [-0.2, 0) is 15.6 Å². The Hall–Kier alpha value is -3.98. The minimum atomic E-state index is -3.13. The number of aromatic carboxylic acids is 1. The molecule has 0 spiro atoms. The molecule has 0 aliphatic carbocycles. The first-order chi connectivity index (χ1) is 15.3. The number of hydrogen-bond acceptors (Lipinski definition) is 7. The second-order valence-electron chi connectivity index (χ2n) is 7.33. The van der Waals surface area contributed by atoms with Gasteiger partial charge in [0.15, 0.2) is 9.84 Å². The Bertz CT molecular complexity index is 1420. The number of nitrogens with one attached hydrogen (secondary N) is 2. The Labute approximate surface area is 184 Å². The predicted octanol–water partition coefficient (Wildman–Crippen LogP) is 4.36. The van der Waals surface area contributed by atoms with Gasteiger partial charge in [-0.25, -0.2) is 18.2 Å². The average Bonchev–Trinajstić information content (AvgIpc) is 2.72. The van der Waals surface area contributed by atoms with E-state index in [0.29, 0.717) is 28.4 Å². The second kappa shape index (κ2) is 8.64. The van der Waals surface area contributed by atoms with Crippen LogP contribution in [0, 0.1) is 0 Å². The Morgan fingerprint density at radius 3 is 2.53 bits per heavy atom. The number of anilines is 4. The number of hydrogen-bond donors (Lipinski definition) is 3. The molecule has 0 aliphatic rings. The van der Waals surface area contributed by atoms with Gasteiger partial charge in [-0.2, -0.15) is 4.98 Å². The van der Waals surface area contributed by atoms with Gasteiger partial charge >= 0.3 is 5.97 Å². The zero-order valence-corrected chi connectivity index (χ0v) is 17.9. The summed E-state index contributed by atoms with van der Waals surface area (Å²) >= 11 is 0. The topological polar surface area (TPSA) is 121 Å². The molecule has 162 valence electrons. The van der Waals surface area contributed by atoms with E-state index < -0.39 is 15.8 Å². The Morgan fingerprint density at radius 1 is 0.969 bits per heavy atom. The first-order valence-corrected chi connectivity index (χ1v) is 11.7. The van der Waals surface area contributed by atoms with Crippen LogP contribution in [0.3, 0.4) is 0 Å². The fraction of sp³-hybridized carbons (Fsp3) is 0.0870. The van der Waals surface area contributed by atoms with E-state index in [2.05, 4.69) is 20.6 Å². The molecule has 3 aromatic carbocycles. The summed E-state index contributed by atoms with van der Waals surface area (Å²) in [6, 6.07) is 19.3. The third-order valence-corrected chi connectivity index (χ3v) is 5.51. The molecule has 0 bridgehead atoms. The number of fused-ring (bicyclic) bond motifs is 1. The van der Waals surface area contributed by atoms with Crippen molar-refractivity contribution in [3.63, 3.8) is 0 Å². The average molecular weight is 449 g/mol. The van der Waals surface area contributed by atoms with Gasteiger partial charge in [-0.1, -0.05) is 30.3 Å². The van der Waals surface area contributed by atoms with Crippen molar-refractivity contribution in [3.05, 3.63) is 84.1 Å². The normalized spacial score (nSPS) is 11.3. The minimum absolute atomic E-state index is 0.0451. The molecule has 4 rings (SSSR count). The maximum absolute atomic E-state index is 11.5. The van der Waals surface area contributed by atoms with Crippen molar-refractivity contribution in [2.45, 2.75) is 5.75 Å². The fourth-order valence-electron chi connectivity index (χ4n) is 3.36. The second-order valence-corrected chi connectivity index (χ2v) is 9.47. The maximum atomic E-state index is 11.5. The van der Waals surface area contributed by atoms with Crippen LogP contribution in [0.25, 0.3) is 10.8 Å². The molecule has 3 N–H and O–H groups in total. The summed E-state index contributed by atoms with van der Waals surface area (Å²) in [6.07, 6.45) is 2.79. The number of nitrogens with zero attached hydrogens (tertiary/aromatic N) is 2. The summed E-state index contributed by atoms with van der Waals surface area (Å²) in [4.78, 5) is 20.1. The highest BCUT2D eigenvalue weighted by Gasteiger charge is 2.09. The molecule has 0 saturated carbocycles. The van der Waals surface area contributed by atoms with Gasteiger partial charge in [0.2, 0.25) is 5.95 Å². The summed E-state index contributed by atoms with van der Waals surface area (Å²) in [7, 11) is -3.13. The summed E-state index contributed by atoms with van der Waals surface area (Å²) in [5.74, 6) is -0.122. The number of aromatic nitrogens is 2. The molecule has 32 heavy (non-hydrogen) atoms. The lowest BCUT2D eigenvalue weighted by Gasteiger charge is -2.10. The van der Waals surface area contributed by atoms with Gasteiger partial charge in [-0.15, -0.1) is 0 Å². The van der Waals surface area contributed by atoms with Crippen molar-refractivity contribution < 1.29 is 18.3 Å². The molecule has 0 radical (unpaired) electrons. The third-order valence-electron chi connectivity index (χ3n) is 4.65. The first-order valence-electron chi connectivity index (χ1n) is 9.67. The number of sulfone groups is 1. The SMILES string of the molecule is CS(=O)(=O)Cc1cccc(Nc2nccc(Nc3ccc4c(C(=O)O)cccc4c3)n2)c1. The molecule has 0 atom stereocenters. The summed E-state index contributed by atoms with van der Waals surface area (Å²) in [6.45, 7) is 0. The smallest absolute Gasteiger partial charge is 0.336 e. The monoisotopic (exact) mass is 448 g/mol. The Balaban J connectivity index is 1.54. The van der Waals surface area contributed by atoms with Crippen LogP contribution < -0.4 is 10.6 Å². The van der Waals surface area contributed by atoms with Crippen LogP contribution in [0.1, 0.15) is 15.9 Å². The molecule has 0 unspecified atom stereocenters. The van der Waals surface area contributed by atoms with E-state index in [-0.39, 0.29) is 11.3 Å². The van der Waals surface area contributed by atoms with E-state index in [9.17, 15) is 18.3 Å². The summed E-state index contributed by atoms with van der Waals surface area (Å²) in [5, 5.41) is 17.1. The molecular formula is C23H20N4O4S. The first kappa shape index (κ1) is 21.3. The number of carboxylic acids is 1. The minimum Gasteiger partial charge on any atom is -0.478 e. The standard InChI is InChI=1S/C23H20N4O4S/c1-32(30,31)14-15-4-2-6-17(12-15)26-23-24-11-10-21(27-23)25-18-8-9-19-16(13-18)5-3-7-20(19)22(28)29/h2-13H,14H2,1H3,(H,28,29)(H2,24,25,26,27). The van der Waals surface area contributed by atoms with Crippen LogP contribution in [-0.4, -0.2) is 35.7 Å². The van der Waals surface area contributed by atoms with Crippen molar-refractivity contribution in [1.82, 2.24) is 9.97 Å². The van der Waals surface area contributed by atoms with Crippen molar-refractivity contribution in [2.24, 2.45) is 0 Å². The predicted molar refractivity (Wildman–Crippen MR) is 124 cm³/mol. The van der Waals surface area contributed by atoms with Gasteiger partial charge in [-0.3, -0.25) is 0 Å². The van der Waals surface area contributed by atoms with Gasteiger partial charge in [0.1, 0.15) is 5.82 Å². The van der Waals surface area contributed by atoms with Crippen LogP contribution in [0.15, 0.2) is 72.9 Å². The van der Waals surface area contributed by atoms with Crippen LogP contribution in [0.5, 0.6) is 0 Å². The molecule has 1 heterocycles. The van der Waals surface area contributed by atoms with Crippen molar-refractivity contribution in [2.75, 3.05) is 16.9 Å². The van der Waals surface area contributed by atoms with E-state index >= 15 is 0 Å². The van der Waals surface area contributed by atoms with Gasteiger partial charge in [-0.05, 0) is 52.7 Å². The van der Waals surface area contributed by atoms with Gasteiger partial charge in [0.25, 0.3) is 0 Å². The number of carbonyl (C=O) groups is 1. The van der Waals surface area contributed by atoms with Gasteiger partial charge in [0.05, 0.1) is 11.3 Å².